The van der Waals surface area contributed by atoms with Crippen molar-refractivity contribution in [3.05, 3.63) is 69.9 Å². The number of furan rings is 1. The van der Waals surface area contributed by atoms with Gasteiger partial charge in [0.1, 0.15) is 5.58 Å². The van der Waals surface area contributed by atoms with Crippen LogP contribution < -0.4 is 5.32 Å². The standard InChI is InChI=1S/C23H25ClN2O3/c1-4-26(13-22(27)25-12-17-5-7-19(24)8-6-17)23(28)11-18-14-29-21-10-16(3)15(2)9-20(18)21/h5-10,14H,4,11-13H2,1-3H3,(H,25,27). The molecule has 0 radical (unpaired) electrons. The summed E-state index contributed by atoms with van der Waals surface area (Å²) in [5.41, 5.74) is 4.87. The zero-order chi connectivity index (χ0) is 21.0. The van der Waals surface area contributed by atoms with E-state index in [4.69, 9.17) is 16.0 Å². The highest BCUT2D eigenvalue weighted by atomic mass is 35.5. The molecule has 0 saturated heterocycles. The first kappa shape index (κ1) is 20.9. The van der Waals surface area contributed by atoms with E-state index in [0.29, 0.717) is 18.1 Å². The fourth-order valence-corrected chi connectivity index (χ4v) is 3.28. The average molecular weight is 413 g/mol. The Balaban J connectivity index is 1.60. The number of nitrogens with one attached hydrogen (secondary N) is 1. The molecule has 1 N–H and O–H groups in total. The van der Waals surface area contributed by atoms with Crippen LogP contribution in [0.4, 0.5) is 0 Å². The van der Waals surface area contributed by atoms with E-state index in [9.17, 15) is 9.59 Å². The number of hydrogen-bond donors (Lipinski definition) is 1. The van der Waals surface area contributed by atoms with Crippen LogP contribution in [0.2, 0.25) is 5.02 Å². The van der Waals surface area contributed by atoms with Crippen molar-refractivity contribution in [3.8, 4) is 0 Å². The van der Waals surface area contributed by atoms with Crippen LogP contribution in [0.15, 0.2) is 47.1 Å². The Morgan fingerprint density at radius 2 is 1.79 bits per heavy atom. The molecule has 1 aromatic heterocycles. The number of halogens is 1. The maximum Gasteiger partial charge on any atom is 0.239 e. The van der Waals surface area contributed by atoms with Crippen molar-refractivity contribution in [2.24, 2.45) is 0 Å². The summed E-state index contributed by atoms with van der Waals surface area (Å²) in [5.74, 6) is -0.297. The van der Waals surface area contributed by atoms with Crippen molar-refractivity contribution in [1.82, 2.24) is 10.2 Å². The SMILES string of the molecule is CCN(CC(=O)NCc1ccc(Cl)cc1)C(=O)Cc1coc2cc(C)c(C)cc12. The predicted octanol–water partition coefficient (Wildman–Crippen LogP) is 4.41. The fourth-order valence-electron chi connectivity index (χ4n) is 3.16. The molecule has 1 heterocycles. The number of nitrogens with zero attached hydrogens (tertiary/aromatic N) is 1. The smallest absolute Gasteiger partial charge is 0.239 e. The van der Waals surface area contributed by atoms with Gasteiger partial charge in [-0.05, 0) is 61.7 Å². The number of carbonyl (C=O) groups is 2. The molecule has 3 aromatic rings. The quantitative estimate of drug-likeness (QED) is 0.625. The van der Waals surface area contributed by atoms with E-state index < -0.39 is 0 Å². The number of hydrogen-bond acceptors (Lipinski definition) is 3. The van der Waals surface area contributed by atoms with Gasteiger partial charge in [-0.3, -0.25) is 9.59 Å². The molecular weight excluding hydrogens is 388 g/mol. The number of carbonyl (C=O) groups excluding carboxylic acids is 2. The second-order valence-corrected chi connectivity index (χ2v) is 7.62. The van der Waals surface area contributed by atoms with Crippen molar-refractivity contribution in [3.63, 3.8) is 0 Å². The lowest BCUT2D eigenvalue weighted by atomic mass is 10.0. The van der Waals surface area contributed by atoms with Gasteiger partial charge in [0.2, 0.25) is 11.8 Å². The molecule has 29 heavy (non-hydrogen) atoms. The fraction of sp³-hybridized carbons (Fsp3) is 0.304. The lowest BCUT2D eigenvalue weighted by Crippen LogP contribution is -2.41. The molecule has 5 nitrogen and oxygen atoms in total. The summed E-state index contributed by atoms with van der Waals surface area (Å²) in [7, 11) is 0. The highest BCUT2D eigenvalue weighted by Gasteiger charge is 2.18. The molecule has 6 heteroatoms. The Bertz CT molecular complexity index is 1020. The average Bonchev–Trinajstić information content (AvgIpc) is 3.07. The van der Waals surface area contributed by atoms with Crippen molar-refractivity contribution >= 4 is 34.4 Å². The van der Waals surface area contributed by atoms with Gasteiger partial charge < -0.3 is 14.6 Å². The van der Waals surface area contributed by atoms with Gasteiger partial charge in [-0.1, -0.05) is 23.7 Å². The Morgan fingerprint density at radius 1 is 1.10 bits per heavy atom. The number of amides is 2. The van der Waals surface area contributed by atoms with Crippen LogP contribution in [0.3, 0.4) is 0 Å². The maximum absolute atomic E-state index is 12.8. The molecule has 0 aliphatic rings. The summed E-state index contributed by atoms with van der Waals surface area (Å²) in [6.07, 6.45) is 1.84. The Kier molecular flexibility index (Phi) is 6.60. The van der Waals surface area contributed by atoms with Gasteiger partial charge in [-0.2, -0.15) is 0 Å². The minimum Gasteiger partial charge on any atom is -0.464 e. The first-order valence-corrected chi connectivity index (χ1v) is 10.0. The van der Waals surface area contributed by atoms with Crippen molar-refractivity contribution in [2.75, 3.05) is 13.1 Å². The Hall–Kier alpha value is -2.79. The number of aryl methyl sites for hydroxylation is 2. The third-order valence-corrected chi connectivity index (χ3v) is 5.34. The highest BCUT2D eigenvalue weighted by Crippen LogP contribution is 2.25. The molecule has 0 bridgehead atoms. The van der Waals surface area contributed by atoms with Gasteiger partial charge in [0.15, 0.2) is 0 Å². The van der Waals surface area contributed by atoms with Crippen LogP contribution >= 0.6 is 11.6 Å². The first-order chi connectivity index (χ1) is 13.9. The van der Waals surface area contributed by atoms with Gasteiger partial charge in [-0.15, -0.1) is 0 Å². The second kappa shape index (κ2) is 9.14. The van der Waals surface area contributed by atoms with Crippen molar-refractivity contribution in [2.45, 2.75) is 33.7 Å². The highest BCUT2D eigenvalue weighted by molar-refractivity contribution is 6.30. The topological polar surface area (TPSA) is 62.6 Å². The molecular formula is C23H25ClN2O3. The number of benzene rings is 2. The van der Waals surface area contributed by atoms with Crippen LogP contribution in [0.5, 0.6) is 0 Å². The van der Waals surface area contributed by atoms with Crippen LogP contribution in [-0.4, -0.2) is 29.8 Å². The summed E-state index contributed by atoms with van der Waals surface area (Å²) in [6.45, 7) is 6.82. The van der Waals surface area contributed by atoms with Gasteiger partial charge in [0.25, 0.3) is 0 Å². The van der Waals surface area contributed by atoms with Gasteiger partial charge >= 0.3 is 0 Å². The van der Waals surface area contributed by atoms with Crippen LogP contribution in [0, 0.1) is 13.8 Å². The zero-order valence-electron chi connectivity index (χ0n) is 16.9. The molecule has 3 rings (SSSR count). The molecule has 0 fully saturated rings. The van der Waals surface area contributed by atoms with Gasteiger partial charge in [-0.25, -0.2) is 0 Å². The largest absolute Gasteiger partial charge is 0.464 e. The van der Waals surface area contributed by atoms with E-state index in [-0.39, 0.29) is 24.8 Å². The van der Waals surface area contributed by atoms with E-state index in [1.165, 1.54) is 0 Å². The minimum absolute atomic E-state index is 0.0246. The van der Waals surface area contributed by atoms with Gasteiger partial charge in [0, 0.05) is 29.1 Å². The molecule has 0 spiro atoms. The summed E-state index contributed by atoms with van der Waals surface area (Å²) in [4.78, 5) is 26.6. The van der Waals surface area contributed by atoms with E-state index in [1.807, 2.05) is 45.0 Å². The third kappa shape index (κ3) is 5.18. The molecule has 2 amide bonds. The number of fused-ring (bicyclic) bond motifs is 1. The molecule has 0 aliphatic carbocycles. The van der Waals surface area contributed by atoms with E-state index in [0.717, 1.165) is 33.2 Å². The summed E-state index contributed by atoms with van der Waals surface area (Å²) in [6, 6.07) is 11.3. The van der Waals surface area contributed by atoms with Crippen LogP contribution in [-0.2, 0) is 22.6 Å². The first-order valence-electron chi connectivity index (χ1n) is 9.63. The van der Waals surface area contributed by atoms with E-state index >= 15 is 0 Å². The van der Waals surface area contributed by atoms with E-state index in [2.05, 4.69) is 5.32 Å². The zero-order valence-corrected chi connectivity index (χ0v) is 17.7. The lowest BCUT2D eigenvalue weighted by molar-refractivity contribution is -0.135. The molecule has 0 aliphatic heterocycles. The monoisotopic (exact) mass is 412 g/mol. The minimum atomic E-state index is -0.196. The molecule has 0 unspecified atom stereocenters. The summed E-state index contributed by atoms with van der Waals surface area (Å²) < 4.78 is 5.62. The maximum atomic E-state index is 12.8. The second-order valence-electron chi connectivity index (χ2n) is 7.18. The van der Waals surface area contributed by atoms with Crippen molar-refractivity contribution in [1.29, 1.82) is 0 Å². The summed E-state index contributed by atoms with van der Waals surface area (Å²) in [5, 5.41) is 4.45. The lowest BCUT2D eigenvalue weighted by Gasteiger charge is -2.20. The number of likely N-dealkylation sites (N-methyl/N-ethyl adjacent to an activating group) is 1. The summed E-state index contributed by atoms with van der Waals surface area (Å²) >= 11 is 5.87. The van der Waals surface area contributed by atoms with Crippen molar-refractivity contribution < 1.29 is 14.0 Å². The Morgan fingerprint density at radius 3 is 2.48 bits per heavy atom. The molecule has 2 aromatic carbocycles. The molecule has 0 saturated carbocycles. The number of rotatable bonds is 7. The van der Waals surface area contributed by atoms with Crippen LogP contribution in [0.25, 0.3) is 11.0 Å². The predicted molar refractivity (Wildman–Crippen MR) is 115 cm³/mol. The van der Waals surface area contributed by atoms with E-state index in [1.54, 1.807) is 23.3 Å². The van der Waals surface area contributed by atoms with Gasteiger partial charge in [0.05, 0.1) is 19.2 Å². The van der Waals surface area contributed by atoms with Crippen LogP contribution in [0.1, 0.15) is 29.2 Å². The third-order valence-electron chi connectivity index (χ3n) is 5.08. The Labute approximate surface area is 175 Å². The molecule has 0 atom stereocenters. The molecule has 152 valence electrons. The normalized spacial score (nSPS) is 10.9.